The number of carbonyl (C=O) groups is 3. The van der Waals surface area contributed by atoms with Gasteiger partial charge >= 0.3 is 5.97 Å². The first kappa shape index (κ1) is 24.3. The first-order valence-corrected chi connectivity index (χ1v) is 10.8. The molecule has 0 unspecified atom stereocenters. The minimum Gasteiger partial charge on any atom is -0.462 e. The third-order valence-electron chi connectivity index (χ3n) is 4.78. The molecule has 2 heterocycles. The van der Waals surface area contributed by atoms with E-state index in [9.17, 15) is 29.3 Å². The molecule has 3 N–H and O–H groups in total. The van der Waals surface area contributed by atoms with Crippen molar-refractivity contribution in [2.24, 2.45) is 5.73 Å². The lowest BCUT2D eigenvalue weighted by Gasteiger charge is -2.09. The lowest BCUT2D eigenvalue weighted by atomic mass is 10.1. The Morgan fingerprint density at radius 3 is 2.50 bits per heavy atom. The molecule has 0 spiro atoms. The second-order valence-corrected chi connectivity index (χ2v) is 8.08. The molecule has 0 aliphatic rings. The van der Waals surface area contributed by atoms with Crippen molar-refractivity contribution in [3.8, 4) is 10.4 Å². The van der Waals surface area contributed by atoms with Gasteiger partial charge in [-0.25, -0.2) is 4.79 Å². The minimum atomic E-state index is -1.16. The summed E-state index contributed by atoms with van der Waals surface area (Å²) >= 11 is 1.15. The topological polar surface area (TPSA) is 164 Å². The molecule has 0 radical (unpaired) electrons. The van der Waals surface area contributed by atoms with Gasteiger partial charge in [0.1, 0.15) is 17.1 Å². The summed E-state index contributed by atoms with van der Waals surface area (Å²) in [4.78, 5) is 60.5. The maximum absolute atomic E-state index is 12.8. The smallest absolute Gasteiger partial charge is 0.341 e. The van der Waals surface area contributed by atoms with Crippen LogP contribution in [0.15, 0.2) is 47.4 Å². The number of aromatic nitrogens is 1. The lowest BCUT2D eigenvalue weighted by molar-refractivity contribution is -0.385. The Morgan fingerprint density at radius 1 is 1.24 bits per heavy atom. The van der Waals surface area contributed by atoms with Gasteiger partial charge in [0.25, 0.3) is 17.2 Å². The molecular formula is C22H20N4O7S. The highest BCUT2D eigenvalue weighted by atomic mass is 32.1. The number of rotatable bonds is 8. The molecule has 0 aliphatic carbocycles. The number of nitrogens with two attached hydrogens (primary N) is 1. The summed E-state index contributed by atoms with van der Waals surface area (Å²) in [5.74, 6) is -2.53. The highest BCUT2D eigenvalue weighted by molar-refractivity contribution is 7.20. The Hall–Kier alpha value is -4.32. The van der Waals surface area contributed by atoms with Crippen LogP contribution in [0.4, 0.5) is 10.7 Å². The van der Waals surface area contributed by atoms with Crippen LogP contribution in [-0.4, -0.2) is 33.9 Å². The number of nitrogens with zero attached hydrogens (tertiary/aromatic N) is 2. The zero-order valence-corrected chi connectivity index (χ0v) is 19.0. The summed E-state index contributed by atoms with van der Waals surface area (Å²) in [6.45, 7) is 2.85. The molecule has 3 aromatic rings. The van der Waals surface area contributed by atoms with E-state index in [0.717, 1.165) is 38.6 Å². The molecule has 0 bridgehead atoms. The first-order chi connectivity index (χ1) is 16.1. The van der Waals surface area contributed by atoms with E-state index >= 15 is 0 Å². The monoisotopic (exact) mass is 484 g/mol. The Bertz CT molecular complexity index is 1350. The number of ether oxygens (including phenoxy) is 1. The quantitative estimate of drug-likeness (QED) is 0.282. The van der Waals surface area contributed by atoms with Crippen molar-refractivity contribution in [2.75, 3.05) is 11.9 Å². The molecule has 12 heteroatoms. The lowest BCUT2D eigenvalue weighted by Crippen LogP contribution is -2.33. The SMILES string of the molecule is CCOC(=O)c1c(NC(=O)Cn2cc([N+](=O)[O-])cc(C(N)=O)c2=O)sc(-c2ccccc2)c1C. The van der Waals surface area contributed by atoms with Gasteiger partial charge in [-0.05, 0) is 25.0 Å². The summed E-state index contributed by atoms with van der Waals surface area (Å²) in [7, 11) is 0. The zero-order valence-electron chi connectivity index (χ0n) is 18.2. The Balaban J connectivity index is 1.99. The average molecular weight is 484 g/mol. The molecule has 1 aromatic carbocycles. The van der Waals surface area contributed by atoms with Gasteiger partial charge in [-0.2, -0.15) is 0 Å². The Labute approximate surface area is 196 Å². The molecule has 0 saturated carbocycles. The molecule has 2 amide bonds. The number of benzene rings is 1. The van der Waals surface area contributed by atoms with Crippen LogP contribution in [0.5, 0.6) is 0 Å². The molecule has 0 aliphatic heterocycles. The third kappa shape index (κ3) is 5.02. The van der Waals surface area contributed by atoms with E-state index in [4.69, 9.17) is 10.5 Å². The van der Waals surface area contributed by atoms with Gasteiger partial charge in [0.2, 0.25) is 5.91 Å². The fraction of sp³-hybridized carbons (Fsp3) is 0.182. The number of primary amides is 1. The van der Waals surface area contributed by atoms with Gasteiger partial charge in [0.15, 0.2) is 0 Å². The fourth-order valence-electron chi connectivity index (χ4n) is 3.25. The molecule has 3 rings (SSSR count). The van der Waals surface area contributed by atoms with Gasteiger partial charge in [-0.1, -0.05) is 30.3 Å². The number of nitrogens with one attached hydrogen (secondary N) is 1. The molecule has 176 valence electrons. The van der Waals surface area contributed by atoms with Gasteiger partial charge in [-0.3, -0.25) is 29.1 Å². The van der Waals surface area contributed by atoms with Crippen LogP contribution in [0, 0.1) is 17.0 Å². The van der Waals surface area contributed by atoms with Crippen LogP contribution in [0.2, 0.25) is 0 Å². The number of nitro groups is 1. The highest BCUT2D eigenvalue weighted by Gasteiger charge is 2.25. The summed E-state index contributed by atoms with van der Waals surface area (Å²) in [6.07, 6.45) is 0.843. The number of hydrogen-bond acceptors (Lipinski definition) is 8. The van der Waals surface area contributed by atoms with Crippen molar-refractivity contribution in [1.29, 1.82) is 0 Å². The number of hydrogen-bond donors (Lipinski definition) is 2. The minimum absolute atomic E-state index is 0.126. The van der Waals surface area contributed by atoms with Gasteiger partial charge in [-0.15, -0.1) is 11.3 Å². The highest BCUT2D eigenvalue weighted by Crippen LogP contribution is 2.40. The number of anilines is 1. The maximum Gasteiger partial charge on any atom is 0.341 e. The van der Waals surface area contributed by atoms with E-state index in [0.29, 0.717) is 5.56 Å². The van der Waals surface area contributed by atoms with Crippen molar-refractivity contribution >= 4 is 39.8 Å². The van der Waals surface area contributed by atoms with Gasteiger partial charge < -0.3 is 15.8 Å². The Morgan fingerprint density at radius 2 is 1.91 bits per heavy atom. The van der Waals surface area contributed by atoms with Crippen LogP contribution in [-0.2, 0) is 16.1 Å². The predicted molar refractivity (Wildman–Crippen MR) is 125 cm³/mol. The second-order valence-electron chi connectivity index (χ2n) is 7.06. The van der Waals surface area contributed by atoms with E-state index in [1.807, 2.05) is 30.3 Å². The number of esters is 1. The molecular weight excluding hydrogens is 464 g/mol. The summed E-state index contributed by atoms with van der Waals surface area (Å²) in [5, 5.41) is 13.9. The van der Waals surface area contributed by atoms with Crippen LogP contribution < -0.4 is 16.6 Å². The van der Waals surface area contributed by atoms with Gasteiger partial charge in [0, 0.05) is 10.9 Å². The van der Waals surface area contributed by atoms with E-state index < -0.39 is 46.1 Å². The van der Waals surface area contributed by atoms with Crippen molar-refractivity contribution < 1.29 is 24.0 Å². The maximum atomic E-state index is 12.8. The van der Waals surface area contributed by atoms with Crippen LogP contribution in [0.1, 0.15) is 33.2 Å². The Kier molecular flexibility index (Phi) is 7.21. The molecule has 11 nitrogen and oxygen atoms in total. The predicted octanol–water partition coefficient (Wildman–Crippen LogP) is 2.71. The molecule has 0 atom stereocenters. The number of carbonyl (C=O) groups excluding carboxylic acids is 3. The van der Waals surface area contributed by atoms with Crippen LogP contribution >= 0.6 is 11.3 Å². The van der Waals surface area contributed by atoms with Crippen molar-refractivity contribution in [2.45, 2.75) is 20.4 Å². The van der Waals surface area contributed by atoms with Crippen molar-refractivity contribution in [3.63, 3.8) is 0 Å². The molecule has 34 heavy (non-hydrogen) atoms. The van der Waals surface area contributed by atoms with E-state index in [-0.39, 0.29) is 17.2 Å². The summed E-state index contributed by atoms with van der Waals surface area (Å²) < 4.78 is 5.86. The normalized spacial score (nSPS) is 10.5. The van der Waals surface area contributed by atoms with E-state index in [1.54, 1.807) is 13.8 Å². The molecule has 0 saturated heterocycles. The number of thiophene rings is 1. The summed E-state index contributed by atoms with van der Waals surface area (Å²) in [6, 6.07) is 9.98. The second kappa shape index (κ2) is 10.1. The summed E-state index contributed by atoms with van der Waals surface area (Å²) in [5.41, 5.74) is 4.60. The van der Waals surface area contributed by atoms with Crippen molar-refractivity contribution in [3.05, 3.63) is 79.8 Å². The molecule has 2 aromatic heterocycles. The van der Waals surface area contributed by atoms with Gasteiger partial charge in [0.05, 0.1) is 23.3 Å². The number of amides is 2. The number of pyridine rings is 1. The van der Waals surface area contributed by atoms with Crippen LogP contribution in [0.25, 0.3) is 10.4 Å². The first-order valence-electron chi connectivity index (χ1n) is 9.98. The fourth-order valence-corrected chi connectivity index (χ4v) is 4.47. The standard InChI is InChI=1S/C22H20N4O7S/c1-3-33-22(30)17-12(2)18(13-7-5-4-6-8-13)34-20(17)24-16(27)11-25-10-14(26(31)32)9-15(19(23)28)21(25)29/h4-10H,3,11H2,1-2H3,(H2,23,28)(H,24,27). The molecule has 0 fully saturated rings. The van der Waals surface area contributed by atoms with Crippen LogP contribution in [0.3, 0.4) is 0 Å². The zero-order chi connectivity index (χ0) is 25.0. The van der Waals surface area contributed by atoms with E-state index in [1.165, 1.54) is 0 Å². The third-order valence-corrected chi connectivity index (χ3v) is 6.03. The average Bonchev–Trinajstić information content (AvgIpc) is 3.11. The van der Waals surface area contributed by atoms with Crippen molar-refractivity contribution in [1.82, 2.24) is 4.57 Å². The van der Waals surface area contributed by atoms with E-state index in [2.05, 4.69) is 5.32 Å². The largest absolute Gasteiger partial charge is 0.462 e.